The summed E-state index contributed by atoms with van der Waals surface area (Å²) in [4.78, 5) is 16.2. The predicted octanol–water partition coefficient (Wildman–Crippen LogP) is 4.33. The van der Waals surface area contributed by atoms with Crippen LogP contribution in [0.2, 0.25) is 0 Å². The molecular formula is C17H31NO4. The van der Waals surface area contributed by atoms with Gasteiger partial charge in [0.25, 0.3) is 0 Å². The Balaban J connectivity index is 0. The molecule has 0 saturated carbocycles. The third-order valence-electron chi connectivity index (χ3n) is 3.01. The van der Waals surface area contributed by atoms with E-state index in [1.54, 1.807) is 39.8 Å². The van der Waals surface area contributed by atoms with Crippen molar-refractivity contribution >= 4 is 11.7 Å². The molecule has 1 aromatic carbocycles. The first kappa shape index (κ1) is 22.7. The molecule has 3 N–H and O–H groups in total. The maximum Gasteiger partial charge on any atom is 0.335 e. The van der Waals surface area contributed by atoms with Gasteiger partial charge < -0.3 is 10.2 Å². The standard InChI is InChI=1S/C13H19NO4.2C2H6/c1-12(2,17)13(3,4)18-14-10-7-5-6-9(8-10)11(15)16;2*1-2/h5-8,14,17H,1-4H3,(H,15,16);2*1-2H3. The van der Waals surface area contributed by atoms with Gasteiger partial charge in [0.15, 0.2) is 0 Å². The van der Waals surface area contributed by atoms with E-state index in [-0.39, 0.29) is 5.56 Å². The number of nitrogens with one attached hydrogen (secondary N) is 1. The SMILES string of the molecule is CC.CC.CC(C)(O)C(C)(C)ONc1cccc(C(=O)O)c1. The van der Waals surface area contributed by atoms with Crippen LogP contribution in [0.3, 0.4) is 0 Å². The van der Waals surface area contributed by atoms with Gasteiger partial charge in [-0.25, -0.2) is 4.79 Å². The zero-order chi connectivity index (χ0) is 18.0. The molecule has 128 valence electrons. The van der Waals surface area contributed by atoms with Gasteiger partial charge in [-0.15, -0.1) is 0 Å². The number of aliphatic hydroxyl groups is 1. The molecule has 0 aliphatic rings. The van der Waals surface area contributed by atoms with Crippen molar-refractivity contribution in [3.63, 3.8) is 0 Å². The first-order chi connectivity index (χ1) is 10.1. The van der Waals surface area contributed by atoms with Crippen LogP contribution in [0.5, 0.6) is 0 Å². The number of hydrogen-bond acceptors (Lipinski definition) is 4. The molecule has 5 heteroatoms. The van der Waals surface area contributed by atoms with Gasteiger partial charge in [-0.05, 0) is 45.9 Å². The Hall–Kier alpha value is -1.59. The fraction of sp³-hybridized carbons (Fsp3) is 0.588. The molecule has 22 heavy (non-hydrogen) atoms. The highest BCUT2D eigenvalue weighted by atomic mass is 16.7. The molecule has 0 fully saturated rings. The van der Waals surface area contributed by atoms with Crippen LogP contribution in [-0.2, 0) is 4.84 Å². The van der Waals surface area contributed by atoms with Crippen LogP contribution >= 0.6 is 0 Å². The van der Waals surface area contributed by atoms with Crippen molar-refractivity contribution in [3.8, 4) is 0 Å². The van der Waals surface area contributed by atoms with Crippen LogP contribution in [0, 0.1) is 0 Å². The molecule has 0 aromatic heterocycles. The van der Waals surface area contributed by atoms with Gasteiger partial charge in [0.05, 0.1) is 16.9 Å². The molecule has 1 rings (SSSR count). The van der Waals surface area contributed by atoms with Gasteiger partial charge in [-0.1, -0.05) is 33.8 Å². The lowest BCUT2D eigenvalue weighted by molar-refractivity contribution is -0.130. The van der Waals surface area contributed by atoms with Crippen LogP contribution in [0.25, 0.3) is 0 Å². The highest BCUT2D eigenvalue weighted by Crippen LogP contribution is 2.25. The lowest BCUT2D eigenvalue weighted by Gasteiger charge is -2.36. The Bertz CT molecular complexity index is 437. The molecule has 0 aliphatic heterocycles. The van der Waals surface area contributed by atoms with E-state index in [1.807, 2.05) is 27.7 Å². The van der Waals surface area contributed by atoms with E-state index in [9.17, 15) is 9.90 Å². The largest absolute Gasteiger partial charge is 0.478 e. The number of anilines is 1. The Morgan fingerprint density at radius 2 is 1.59 bits per heavy atom. The number of carboxylic acids is 1. The summed E-state index contributed by atoms with van der Waals surface area (Å²) >= 11 is 0. The molecular weight excluding hydrogens is 282 g/mol. The summed E-state index contributed by atoms with van der Waals surface area (Å²) < 4.78 is 0. The molecule has 5 nitrogen and oxygen atoms in total. The van der Waals surface area contributed by atoms with Crippen molar-refractivity contribution in [1.29, 1.82) is 0 Å². The second-order valence-corrected chi connectivity index (χ2v) is 5.16. The minimum atomic E-state index is -1.04. The molecule has 0 amide bonds. The lowest BCUT2D eigenvalue weighted by atomic mass is 9.90. The maximum atomic E-state index is 10.8. The summed E-state index contributed by atoms with van der Waals surface area (Å²) in [6.07, 6.45) is 0. The van der Waals surface area contributed by atoms with E-state index in [2.05, 4.69) is 5.48 Å². The number of aromatic carboxylic acids is 1. The zero-order valence-corrected chi connectivity index (χ0v) is 15.0. The van der Waals surface area contributed by atoms with Gasteiger partial charge in [0.1, 0.15) is 5.60 Å². The first-order valence-corrected chi connectivity index (χ1v) is 7.63. The third-order valence-corrected chi connectivity index (χ3v) is 3.01. The molecule has 0 spiro atoms. The minimum Gasteiger partial charge on any atom is -0.478 e. The number of benzene rings is 1. The second-order valence-electron chi connectivity index (χ2n) is 5.16. The highest BCUT2D eigenvalue weighted by Gasteiger charge is 2.37. The van der Waals surface area contributed by atoms with Crippen LogP contribution in [0.15, 0.2) is 24.3 Å². The van der Waals surface area contributed by atoms with Crippen LogP contribution in [0.4, 0.5) is 5.69 Å². The van der Waals surface area contributed by atoms with Gasteiger partial charge in [-0.3, -0.25) is 10.3 Å². The van der Waals surface area contributed by atoms with Crippen LogP contribution < -0.4 is 5.48 Å². The molecule has 0 heterocycles. The van der Waals surface area contributed by atoms with E-state index in [0.29, 0.717) is 5.69 Å². The Morgan fingerprint density at radius 1 is 1.09 bits per heavy atom. The van der Waals surface area contributed by atoms with E-state index in [1.165, 1.54) is 12.1 Å². The fourth-order valence-electron chi connectivity index (χ4n) is 1.03. The normalized spacial score (nSPS) is 10.6. The van der Waals surface area contributed by atoms with E-state index >= 15 is 0 Å². The first-order valence-electron chi connectivity index (χ1n) is 7.63. The minimum absolute atomic E-state index is 0.171. The topological polar surface area (TPSA) is 78.8 Å². The molecule has 0 radical (unpaired) electrons. The summed E-state index contributed by atoms with van der Waals surface area (Å²) in [5.74, 6) is -1.000. The van der Waals surface area contributed by atoms with Crippen LogP contribution in [-0.4, -0.2) is 27.4 Å². The van der Waals surface area contributed by atoms with E-state index < -0.39 is 17.2 Å². The summed E-state index contributed by atoms with van der Waals surface area (Å²) in [6, 6.07) is 6.26. The summed E-state index contributed by atoms with van der Waals surface area (Å²) in [5, 5.41) is 18.8. The van der Waals surface area contributed by atoms with Gasteiger partial charge in [-0.2, -0.15) is 0 Å². The fourth-order valence-corrected chi connectivity index (χ4v) is 1.03. The van der Waals surface area contributed by atoms with E-state index in [4.69, 9.17) is 9.94 Å². The summed E-state index contributed by atoms with van der Waals surface area (Å²) in [5.41, 5.74) is 1.49. The monoisotopic (exact) mass is 313 g/mol. The molecule has 0 aliphatic carbocycles. The predicted molar refractivity (Wildman–Crippen MR) is 91.2 cm³/mol. The summed E-state index contributed by atoms with van der Waals surface area (Å²) in [6.45, 7) is 14.8. The molecule has 0 atom stereocenters. The Labute approximate surface area is 134 Å². The van der Waals surface area contributed by atoms with Gasteiger partial charge >= 0.3 is 5.97 Å². The molecule has 0 saturated heterocycles. The Kier molecular flexibility index (Phi) is 10.5. The number of carboxylic acid groups (broad SMARTS) is 1. The van der Waals surface area contributed by atoms with E-state index in [0.717, 1.165) is 0 Å². The summed E-state index contributed by atoms with van der Waals surface area (Å²) in [7, 11) is 0. The average Bonchev–Trinajstić information content (AvgIpc) is 2.48. The quantitative estimate of drug-likeness (QED) is 0.705. The number of rotatable bonds is 5. The van der Waals surface area contributed by atoms with Crippen molar-refractivity contribution in [2.75, 3.05) is 5.48 Å². The number of hydrogen-bond donors (Lipinski definition) is 3. The second kappa shape index (κ2) is 10.2. The zero-order valence-electron chi connectivity index (χ0n) is 15.0. The average molecular weight is 313 g/mol. The molecule has 0 bridgehead atoms. The molecule has 0 unspecified atom stereocenters. The van der Waals surface area contributed by atoms with Crippen molar-refractivity contribution in [2.45, 2.75) is 66.6 Å². The Morgan fingerprint density at radius 3 is 2.00 bits per heavy atom. The van der Waals surface area contributed by atoms with Crippen molar-refractivity contribution in [2.24, 2.45) is 0 Å². The lowest BCUT2D eigenvalue weighted by Crippen LogP contribution is -2.48. The van der Waals surface area contributed by atoms with Crippen molar-refractivity contribution in [1.82, 2.24) is 0 Å². The number of carbonyl (C=O) groups is 1. The van der Waals surface area contributed by atoms with Gasteiger partial charge in [0.2, 0.25) is 0 Å². The molecule has 1 aromatic rings. The maximum absolute atomic E-state index is 10.8. The third kappa shape index (κ3) is 7.43. The van der Waals surface area contributed by atoms with Crippen molar-refractivity contribution < 1.29 is 19.8 Å². The highest BCUT2D eigenvalue weighted by molar-refractivity contribution is 5.88. The van der Waals surface area contributed by atoms with Crippen molar-refractivity contribution in [3.05, 3.63) is 29.8 Å². The smallest absolute Gasteiger partial charge is 0.335 e. The van der Waals surface area contributed by atoms with Gasteiger partial charge in [0, 0.05) is 0 Å². The van der Waals surface area contributed by atoms with Crippen LogP contribution in [0.1, 0.15) is 65.7 Å².